The van der Waals surface area contributed by atoms with Crippen LogP contribution >= 0.6 is 0 Å². The van der Waals surface area contributed by atoms with E-state index in [4.69, 9.17) is 9.47 Å². The van der Waals surface area contributed by atoms with E-state index in [0.717, 1.165) is 47.1 Å². The van der Waals surface area contributed by atoms with Crippen molar-refractivity contribution >= 4 is 0 Å². The summed E-state index contributed by atoms with van der Waals surface area (Å²) in [5.74, 6) is 2.51. The van der Waals surface area contributed by atoms with E-state index in [1.54, 1.807) is 7.11 Å². The summed E-state index contributed by atoms with van der Waals surface area (Å²) in [6.07, 6.45) is 0.785. The van der Waals surface area contributed by atoms with Gasteiger partial charge in [0.25, 0.3) is 5.56 Å². The molecule has 0 spiro atoms. The topological polar surface area (TPSA) is 67.5 Å². The molecule has 2 heterocycles. The van der Waals surface area contributed by atoms with Crippen LogP contribution in [0.4, 0.5) is 0 Å². The van der Waals surface area contributed by atoms with Crippen LogP contribution in [0.5, 0.6) is 11.5 Å². The zero-order chi connectivity index (χ0) is 18.7. The van der Waals surface area contributed by atoms with Gasteiger partial charge in [0.15, 0.2) is 11.5 Å². The van der Waals surface area contributed by atoms with Crippen molar-refractivity contribution in [3.05, 3.63) is 51.2 Å². The van der Waals surface area contributed by atoms with Crippen molar-refractivity contribution < 1.29 is 9.47 Å². The summed E-state index contributed by atoms with van der Waals surface area (Å²) < 4.78 is 11.2. The van der Waals surface area contributed by atoms with E-state index < -0.39 is 0 Å². The molecule has 1 aromatic carbocycles. The van der Waals surface area contributed by atoms with Crippen molar-refractivity contribution in [1.29, 1.82) is 0 Å². The molecule has 2 aromatic rings. The third kappa shape index (κ3) is 3.75. The lowest BCUT2D eigenvalue weighted by molar-refractivity contribution is 0.233. The minimum absolute atomic E-state index is 0.0147. The van der Waals surface area contributed by atoms with E-state index in [1.165, 1.54) is 0 Å². The summed E-state index contributed by atoms with van der Waals surface area (Å²) in [6, 6.07) is 5.92. The van der Waals surface area contributed by atoms with Crippen LogP contribution < -0.4 is 15.0 Å². The third-order valence-electron chi connectivity index (χ3n) is 4.68. The zero-order valence-electron chi connectivity index (χ0n) is 16.0. The van der Waals surface area contributed by atoms with Crippen LogP contribution in [-0.4, -0.2) is 35.1 Å². The van der Waals surface area contributed by atoms with Crippen LogP contribution in [-0.2, 0) is 19.5 Å². The molecule has 0 fully saturated rings. The number of fused-ring (bicyclic) bond motifs is 1. The van der Waals surface area contributed by atoms with Gasteiger partial charge in [-0.05, 0) is 13.0 Å². The smallest absolute Gasteiger partial charge is 0.255 e. The number of hydrogen-bond acceptors (Lipinski definition) is 5. The van der Waals surface area contributed by atoms with Gasteiger partial charge in [-0.15, -0.1) is 0 Å². The van der Waals surface area contributed by atoms with Gasteiger partial charge in [-0.3, -0.25) is 9.69 Å². The number of rotatable bonds is 6. The highest BCUT2D eigenvalue weighted by molar-refractivity contribution is 5.46. The fourth-order valence-corrected chi connectivity index (χ4v) is 3.30. The molecule has 6 heteroatoms. The van der Waals surface area contributed by atoms with Gasteiger partial charge < -0.3 is 14.5 Å². The van der Waals surface area contributed by atoms with Gasteiger partial charge in [0, 0.05) is 37.5 Å². The first kappa shape index (κ1) is 18.5. The van der Waals surface area contributed by atoms with Crippen LogP contribution in [0.1, 0.15) is 49.3 Å². The number of nitrogens with zero attached hydrogens (tertiary/aromatic N) is 2. The third-order valence-corrected chi connectivity index (χ3v) is 4.68. The molecule has 1 N–H and O–H groups in total. The summed E-state index contributed by atoms with van der Waals surface area (Å²) in [7, 11) is 1.65. The number of para-hydroxylation sites is 1. The van der Waals surface area contributed by atoms with E-state index in [2.05, 4.69) is 14.9 Å². The molecule has 1 aliphatic rings. The lowest BCUT2D eigenvalue weighted by atomic mass is 10.0. The molecule has 0 saturated carbocycles. The quantitative estimate of drug-likeness (QED) is 0.861. The summed E-state index contributed by atoms with van der Waals surface area (Å²) in [5.41, 5.74) is 2.77. The number of methoxy groups -OCH3 is 1. The van der Waals surface area contributed by atoms with Gasteiger partial charge in [-0.2, -0.15) is 0 Å². The van der Waals surface area contributed by atoms with E-state index in [1.807, 2.05) is 39.0 Å². The Morgan fingerprint density at radius 1 is 1.35 bits per heavy atom. The Morgan fingerprint density at radius 2 is 2.15 bits per heavy atom. The van der Waals surface area contributed by atoms with E-state index in [0.29, 0.717) is 19.7 Å². The van der Waals surface area contributed by atoms with E-state index >= 15 is 0 Å². The van der Waals surface area contributed by atoms with Gasteiger partial charge in [0.1, 0.15) is 5.82 Å². The predicted molar refractivity (Wildman–Crippen MR) is 101 cm³/mol. The molecule has 1 aliphatic heterocycles. The van der Waals surface area contributed by atoms with Crippen molar-refractivity contribution in [2.45, 2.75) is 46.2 Å². The van der Waals surface area contributed by atoms with Crippen molar-refractivity contribution in [2.75, 3.05) is 20.3 Å². The summed E-state index contributed by atoms with van der Waals surface area (Å²) >= 11 is 0. The molecule has 0 saturated heterocycles. The van der Waals surface area contributed by atoms with Gasteiger partial charge >= 0.3 is 0 Å². The average molecular weight is 357 g/mol. The molecule has 0 atom stereocenters. The number of H-pyrrole nitrogens is 1. The molecule has 0 amide bonds. The highest BCUT2D eigenvalue weighted by Crippen LogP contribution is 2.32. The number of aromatic amines is 1. The first-order valence-corrected chi connectivity index (χ1v) is 9.16. The molecule has 26 heavy (non-hydrogen) atoms. The Kier molecular flexibility index (Phi) is 5.61. The number of aromatic nitrogens is 2. The van der Waals surface area contributed by atoms with Crippen molar-refractivity contribution in [3.8, 4) is 11.5 Å². The van der Waals surface area contributed by atoms with Crippen LogP contribution in [0.2, 0.25) is 0 Å². The summed E-state index contributed by atoms with van der Waals surface area (Å²) in [4.78, 5) is 22.3. The molecule has 6 nitrogen and oxygen atoms in total. The molecule has 1 aromatic heterocycles. The molecule has 0 bridgehead atoms. The Bertz CT molecular complexity index is 830. The zero-order valence-corrected chi connectivity index (χ0v) is 16.0. The SMILES string of the molecule is CCOc1c(CN2CCc3nc(C(C)C)[nH]c(=O)c3C2)cccc1OC. The molecule has 140 valence electrons. The Balaban J connectivity index is 1.83. The average Bonchev–Trinajstić information content (AvgIpc) is 2.63. The van der Waals surface area contributed by atoms with Crippen LogP contribution in [0.3, 0.4) is 0 Å². The number of benzene rings is 1. The summed E-state index contributed by atoms with van der Waals surface area (Å²) in [5, 5.41) is 0. The minimum atomic E-state index is -0.0147. The Morgan fingerprint density at radius 3 is 2.85 bits per heavy atom. The fourth-order valence-electron chi connectivity index (χ4n) is 3.30. The predicted octanol–water partition coefficient (Wildman–Crippen LogP) is 2.86. The van der Waals surface area contributed by atoms with Gasteiger partial charge in [-0.25, -0.2) is 4.98 Å². The van der Waals surface area contributed by atoms with Crippen LogP contribution in [0.25, 0.3) is 0 Å². The van der Waals surface area contributed by atoms with Gasteiger partial charge in [0.05, 0.1) is 25.0 Å². The van der Waals surface area contributed by atoms with E-state index in [-0.39, 0.29) is 11.5 Å². The standard InChI is InChI=1S/C20H27N3O3/c1-5-26-18-14(7-6-8-17(18)25-4)11-23-10-9-16-15(12-23)20(24)22-19(21-16)13(2)3/h6-8,13H,5,9-12H2,1-4H3,(H,21,22,24). The maximum absolute atomic E-state index is 12.5. The van der Waals surface area contributed by atoms with Crippen molar-refractivity contribution in [3.63, 3.8) is 0 Å². The van der Waals surface area contributed by atoms with Gasteiger partial charge in [-0.1, -0.05) is 26.0 Å². The molecule has 3 rings (SSSR count). The first-order valence-electron chi connectivity index (χ1n) is 9.16. The number of hydrogen-bond donors (Lipinski definition) is 1. The molecule has 0 radical (unpaired) electrons. The lowest BCUT2D eigenvalue weighted by Crippen LogP contribution is -2.36. The fraction of sp³-hybridized carbons (Fsp3) is 0.500. The van der Waals surface area contributed by atoms with Crippen molar-refractivity contribution in [1.82, 2.24) is 14.9 Å². The highest BCUT2D eigenvalue weighted by atomic mass is 16.5. The second kappa shape index (κ2) is 7.91. The second-order valence-corrected chi connectivity index (χ2v) is 6.87. The highest BCUT2D eigenvalue weighted by Gasteiger charge is 2.23. The van der Waals surface area contributed by atoms with Gasteiger partial charge in [0.2, 0.25) is 0 Å². The maximum atomic E-state index is 12.5. The molecule has 0 aliphatic carbocycles. The monoisotopic (exact) mass is 357 g/mol. The van der Waals surface area contributed by atoms with Crippen LogP contribution in [0, 0.1) is 0 Å². The molecular formula is C20H27N3O3. The largest absolute Gasteiger partial charge is 0.493 e. The summed E-state index contributed by atoms with van der Waals surface area (Å²) in [6.45, 7) is 8.79. The molecule has 0 unspecified atom stereocenters. The maximum Gasteiger partial charge on any atom is 0.255 e. The first-order chi connectivity index (χ1) is 12.5. The Hall–Kier alpha value is -2.34. The van der Waals surface area contributed by atoms with Crippen molar-refractivity contribution in [2.24, 2.45) is 0 Å². The Labute approximate surface area is 154 Å². The minimum Gasteiger partial charge on any atom is -0.493 e. The number of nitrogens with one attached hydrogen (secondary N) is 1. The lowest BCUT2D eigenvalue weighted by Gasteiger charge is -2.28. The second-order valence-electron chi connectivity index (χ2n) is 6.87. The van der Waals surface area contributed by atoms with Crippen LogP contribution in [0.15, 0.2) is 23.0 Å². The number of ether oxygens (including phenoxy) is 2. The normalized spacial score (nSPS) is 14.3. The molecular weight excluding hydrogens is 330 g/mol. The van der Waals surface area contributed by atoms with E-state index in [9.17, 15) is 4.79 Å².